The van der Waals surface area contributed by atoms with Gasteiger partial charge in [-0.1, -0.05) is 49.1 Å². The summed E-state index contributed by atoms with van der Waals surface area (Å²) in [5, 5.41) is 1.47. The summed E-state index contributed by atoms with van der Waals surface area (Å²) in [6, 6.07) is 8.72. The van der Waals surface area contributed by atoms with Gasteiger partial charge in [0.15, 0.2) is 5.79 Å². The Bertz CT molecular complexity index is 359. The minimum Gasteiger partial charge on any atom is -0.344 e. The molecular formula is C13H20O2Si. The Morgan fingerprint density at radius 1 is 1.00 bits per heavy atom. The first-order chi connectivity index (χ1) is 7.42. The van der Waals surface area contributed by atoms with Gasteiger partial charge in [0.1, 0.15) is 0 Å². The fourth-order valence-corrected chi connectivity index (χ4v) is 3.12. The molecule has 0 amide bonds. The second-order valence-electron chi connectivity index (χ2n) is 5.47. The number of rotatable bonds is 2. The SMILES string of the molecule is CC1(c2ccc([Si](C)(C)C)cc2)OCCO1. The Balaban J connectivity index is 2.26. The summed E-state index contributed by atoms with van der Waals surface area (Å²) in [6.07, 6.45) is 0. The van der Waals surface area contributed by atoms with E-state index in [-0.39, 0.29) is 0 Å². The molecule has 1 saturated heterocycles. The Labute approximate surface area is 98.6 Å². The van der Waals surface area contributed by atoms with Crippen molar-refractivity contribution in [2.24, 2.45) is 0 Å². The van der Waals surface area contributed by atoms with Crippen LogP contribution >= 0.6 is 0 Å². The minimum absolute atomic E-state index is 0.530. The van der Waals surface area contributed by atoms with Crippen LogP contribution in [0.25, 0.3) is 0 Å². The highest BCUT2D eigenvalue weighted by Crippen LogP contribution is 2.30. The third-order valence-corrected chi connectivity index (χ3v) is 5.18. The fourth-order valence-electron chi connectivity index (χ4n) is 1.95. The molecule has 0 radical (unpaired) electrons. The van der Waals surface area contributed by atoms with Crippen molar-refractivity contribution in [3.8, 4) is 0 Å². The number of hydrogen-bond donors (Lipinski definition) is 0. The maximum Gasteiger partial charge on any atom is 0.192 e. The lowest BCUT2D eigenvalue weighted by Gasteiger charge is -2.24. The molecule has 1 aliphatic rings. The molecule has 1 aliphatic heterocycles. The summed E-state index contributed by atoms with van der Waals surface area (Å²) in [4.78, 5) is 0. The maximum atomic E-state index is 5.64. The van der Waals surface area contributed by atoms with Crippen molar-refractivity contribution in [3.63, 3.8) is 0 Å². The highest BCUT2D eigenvalue weighted by Gasteiger charge is 2.33. The van der Waals surface area contributed by atoms with E-state index in [4.69, 9.17) is 9.47 Å². The molecule has 0 unspecified atom stereocenters. The molecule has 1 aromatic carbocycles. The van der Waals surface area contributed by atoms with Crippen LogP contribution in [0.3, 0.4) is 0 Å². The van der Waals surface area contributed by atoms with Crippen molar-refractivity contribution >= 4 is 13.3 Å². The lowest BCUT2D eigenvalue weighted by molar-refractivity contribution is -0.149. The van der Waals surface area contributed by atoms with E-state index in [2.05, 4.69) is 43.9 Å². The Morgan fingerprint density at radius 2 is 1.50 bits per heavy atom. The normalized spacial score (nSPS) is 20.0. The predicted molar refractivity (Wildman–Crippen MR) is 68.7 cm³/mol. The van der Waals surface area contributed by atoms with Crippen LogP contribution in [0.2, 0.25) is 19.6 Å². The molecule has 2 nitrogen and oxygen atoms in total. The van der Waals surface area contributed by atoms with Gasteiger partial charge in [-0.25, -0.2) is 0 Å². The van der Waals surface area contributed by atoms with Crippen LogP contribution in [-0.2, 0) is 15.3 Å². The van der Waals surface area contributed by atoms with E-state index in [9.17, 15) is 0 Å². The van der Waals surface area contributed by atoms with Crippen molar-refractivity contribution in [2.45, 2.75) is 32.4 Å². The van der Waals surface area contributed by atoms with Crippen LogP contribution in [-0.4, -0.2) is 21.3 Å². The van der Waals surface area contributed by atoms with Crippen molar-refractivity contribution in [1.29, 1.82) is 0 Å². The van der Waals surface area contributed by atoms with Gasteiger partial charge in [0.2, 0.25) is 0 Å². The summed E-state index contributed by atoms with van der Waals surface area (Å²) >= 11 is 0. The Kier molecular flexibility index (Phi) is 2.95. The standard InChI is InChI=1S/C13H20O2Si/c1-13(14-9-10-15-13)11-5-7-12(8-6-11)16(2,3)4/h5-8H,9-10H2,1-4H3. The molecule has 88 valence electrons. The van der Waals surface area contributed by atoms with Gasteiger partial charge in [-0.2, -0.15) is 0 Å². The summed E-state index contributed by atoms with van der Waals surface area (Å²) < 4.78 is 11.3. The molecule has 1 heterocycles. The molecule has 0 aromatic heterocycles. The van der Waals surface area contributed by atoms with Crippen molar-refractivity contribution in [3.05, 3.63) is 29.8 Å². The zero-order valence-corrected chi connectivity index (χ0v) is 11.5. The van der Waals surface area contributed by atoms with E-state index in [0.29, 0.717) is 13.2 Å². The van der Waals surface area contributed by atoms with Crippen molar-refractivity contribution in [1.82, 2.24) is 0 Å². The molecule has 1 fully saturated rings. The Morgan fingerprint density at radius 3 is 1.94 bits per heavy atom. The van der Waals surface area contributed by atoms with Crippen LogP contribution < -0.4 is 5.19 Å². The quantitative estimate of drug-likeness (QED) is 0.734. The maximum absolute atomic E-state index is 5.64. The highest BCUT2D eigenvalue weighted by atomic mass is 28.3. The molecule has 0 spiro atoms. The van der Waals surface area contributed by atoms with Crippen molar-refractivity contribution in [2.75, 3.05) is 13.2 Å². The predicted octanol–water partition coefficient (Wildman–Crippen LogP) is 2.45. The summed E-state index contributed by atoms with van der Waals surface area (Å²) in [5.74, 6) is -0.530. The minimum atomic E-state index is -1.20. The monoisotopic (exact) mass is 236 g/mol. The Hall–Kier alpha value is -0.643. The van der Waals surface area contributed by atoms with E-state index >= 15 is 0 Å². The van der Waals surface area contributed by atoms with E-state index in [0.717, 1.165) is 5.56 Å². The van der Waals surface area contributed by atoms with Crippen LogP contribution in [0, 0.1) is 0 Å². The summed E-state index contributed by atoms with van der Waals surface area (Å²) in [6.45, 7) is 10.4. The highest BCUT2D eigenvalue weighted by molar-refractivity contribution is 6.88. The molecule has 0 saturated carbocycles. The van der Waals surface area contributed by atoms with Gasteiger partial charge in [0.25, 0.3) is 0 Å². The summed E-state index contributed by atoms with van der Waals surface area (Å²) in [7, 11) is -1.20. The van der Waals surface area contributed by atoms with Gasteiger partial charge in [0, 0.05) is 5.56 Å². The lowest BCUT2D eigenvalue weighted by atomic mass is 10.1. The van der Waals surface area contributed by atoms with Gasteiger partial charge in [0.05, 0.1) is 21.3 Å². The van der Waals surface area contributed by atoms with Crippen molar-refractivity contribution < 1.29 is 9.47 Å². The van der Waals surface area contributed by atoms with E-state index in [1.807, 2.05) is 6.92 Å². The molecule has 0 bridgehead atoms. The lowest BCUT2D eigenvalue weighted by Crippen LogP contribution is -2.37. The van der Waals surface area contributed by atoms with Crippen LogP contribution in [0.15, 0.2) is 24.3 Å². The average molecular weight is 236 g/mol. The smallest absolute Gasteiger partial charge is 0.192 e. The van der Waals surface area contributed by atoms with Crippen LogP contribution in [0.4, 0.5) is 0 Å². The average Bonchev–Trinajstić information content (AvgIpc) is 2.66. The van der Waals surface area contributed by atoms with Gasteiger partial charge in [-0.15, -0.1) is 0 Å². The van der Waals surface area contributed by atoms with Gasteiger partial charge in [-0.3, -0.25) is 0 Å². The number of benzene rings is 1. The zero-order valence-electron chi connectivity index (χ0n) is 10.5. The largest absolute Gasteiger partial charge is 0.344 e. The van der Waals surface area contributed by atoms with E-state index < -0.39 is 13.9 Å². The first-order valence-corrected chi connectivity index (χ1v) is 9.31. The molecule has 0 atom stereocenters. The summed E-state index contributed by atoms with van der Waals surface area (Å²) in [5.41, 5.74) is 1.12. The van der Waals surface area contributed by atoms with Crippen LogP contribution in [0.5, 0.6) is 0 Å². The third kappa shape index (κ3) is 2.21. The van der Waals surface area contributed by atoms with E-state index in [1.165, 1.54) is 5.19 Å². The van der Waals surface area contributed by atoms with E-state index in [1.54, 1.807) is 0 Å². The zero-order chi connectivity index (χ0) is 11.8. The topological polar surface area (TPSA) is 18.5 Å². The molecular weight excluding hydrogens is 216 g/mol. The molecule has 3 heteroatoms. The van der Waals surface area contributed by atoms with Gasteiger partial charge in [-0.05, 0) is 6.92 Å². The van der Waals surface area contributed by atoms with Gasteiger partial charge < -0.3 is 9.47 Å². The second-order valence-corrected chi connectivity index (χ2v) is 10.5. The molecule has 16 heavy (non-hydrogen) atoms. The second kappa shape index (κ2) is 3.98. The number of hydrogen-bond acceptors (Lipinski definition) is 2. The molecule has 1 aromatic rings. The van der Waals surface area contributed by atoms with Crippen LogP contribution in [0.1, 0.15) is 12.5 Å². The molecule has 0 aliphatic carbocycles. The third-order valence-electron chi connectivity index (χ3n) is 3.11. The fraction of sp³-hybridized carbons (Fsp3) is 0.538. The molecule has 2 rings (SSSR count). The first-order valence-electron chi connectivity index (χ1n) is 5.81. The number of ether oxygens (including phenoxy) is 2. The molecule has 0 N–H and O–H groups in total. The first kappa shape index (κ1) is 11.8. The van der Waals surface area contributed by atoms with Gasteiger partial charge >= 0.3 is 0 Å².